The summed E-state index contributed by atoms with van der Waals surface area (Å²) in [7, 11) is 1.53. The summed E-state index contributed by atoms with van der Waals surface area (Å²) in [5.74, 6) is 0.218. The zero-order valence-electron chi connectivity index (χ0n) is 14.9. The van der Waals surface area contributed by atoms with Gasteiger partial charge in [-0.3, -0.25) is 9.69 Å². The van der Waals surface area contributed by atoms with E-state index < -0.39 is 0 Å². The van der Waals surface area contributed by atoms with Gasteiger partial charge in [0, 0.05) is 18.7 Å². The summed E-state index contributed by atoms with van der Waals surface area (Å²) < 4.78 is 5.35. The van der Waals surface area contributed by atoms with Gasteiger partial charge >= 0.3 is 6.03 Å². The first kappa shape index (κ1) is 16.8. The summed E-state index contributed by atoms with van der Waals surface area (Å²) in [6.07, 6.45) is 0. The first-order chi connectivity index (χ1) is 13.1. The number of urea groups is 1. The van der Waals surface area contributed by atoms with Crippen LogP contribution in [-0.4, -0.2) is 47.5 Å². The number of aromatic amines is 1. The van der Waals surface area contributed by atoms with Gasteiger partial charge in [0.15, 0.2) is 0 Å². The molecular formula is C18H18N6O3. The summed E-state index contributed by atoms with van der Waals surface area (Å²) >= 11 is 0. The molecule has 2 heterocycles. The SMILES string of the molecule is COc1ccc(C(=O)Nc2c(C)ccc3n[nH]nc23)cc1N1CCNC1=O. The highest BCUT2D eigenvalue weighted by molar-refractivity contribution is 6.09. The van der Waals surface area contributed by atoms with Crippen LogP contribution < -0.4 is 20.3 Å². The van der Waals surface area contributed by atoms with Crippen molar-refractivity contribution >= 4 is 34.3 Å². The van der Waals surface area contributed by atoms with Gasteiger partial charge in [0.05, 0.1) is 18.5 Å². The number of methoxy groups -OCH3 is 1. The van der Waals surface area contributed by atoms with Gasteiger partial charge in [0.2, 0.25) is 0 Å². The van der Waals surface area contributed by atoms with E-state index in [0.717, 1.165) is 5.56 Å². The fourth-order valence-corrected chi connectivity index (χ4v) is 3.10. The lowest BCUT2D eigenvalue weighted by Gasteiger charge is -2.19. The molecule has 3 aromatic rings. The van der Waals surface area contributed by atoms with Crippen LogP contribution >= 0.6 is 0 Å². The normalized spacial score (nSPS) is 13.7. The molecule has 138 valence electrons. The van der Waals surface area contributed by atoms with Crippen LogP contribution in [0.4, 0.5) is 16.2 Å². The maximum atomic E-state index is 12.9. The van der Waals surface area contributed by atoms with Crippen LogP contribution in [0.15, 0.2) is 30.3 Å². The van der Waals surface area contributed by atoms with Crippen molar-refractivity contribution in [3.05, 3.63) is 41.5 Å². The van der Waals surface area contributed by atoms with Crippen molar-refractivity contribution in [2.24, 2.45) is 0 Å². The zero-order chi connectivity index (χ0) is 19.0. The van der Waals surface area contributed by atoms with Crippen molar-refractivity contribution in [3.8, 4) is 5.75 Å². The number of aromatic nitrogens is 3. The summed E-state index contributed by atoms with van der Waals surface area (Å²) in [6.45, 7) is 2.95. The van der Waals surface area contributed by atoms with Gasteiger partial charge in [-0.15, -0.1) is 0 Å². The van der Waals surface area contributed by atoms with Crippen molar-refractivity contribution in [3.63, 3.8) is 0 Å². The molecule has 1 aromatic heterocycles. The minimum Gasteiger partial charge on any atom is -0.495 e. The van der Waals surface area contributed by atoms with Crippen molar-refractivity contribution < 1.29 is 14.3 Å². The van der Waals surface area contributed by atoms with Gasteiger partial charge in [0.25, 0.3) is 5.91 Å². The molecular weight excluding hydrogens is 348 g/mol. The Morgan fingerprint density at radius 2 is 2.11 bits per heavy atom. The summed E-state index contributed by atoms with van der Waals surface area (Å²) in [6, 6.07) is 8.48. The molecule has 0 spiro atoms. The van der Waals surface area contributed by atoms with E-state index in [1.807, 2.05) is 19.1 Å². The highest BCUT2D eigenvalue weighted by Gasteiger charge is 2.25. The van der Waals surface area contributed by atoms with Crippen LogP contribution in [0, 0.1) is 6.92 Å². The Balaban J connectivity index is 1.68. The van der Waals surface area contributed by atoms with Gasteiger partial charge in [-0.1, -0.05) is 6.07 Å². The third-order valence-electron chi connectivity index (χ3n) is 4.52. The zero-order valence-corrected chi connectivity index (χ0v) is 14.9. The minimum absolute atomic E-state index is 0.214. The number of aryl methyl sites for hydroxylation is 1. The third kappa shape index (κ3) is 2.92. The van der Waals surface area contributed by atoms with Crippen molar-refractivity contribution in [2.45, 2.75) is 6.92 Å². The Labute approximate surface area is 154 Å². The summed E-state index contributed by atoms with van der Waals surface area (Å²) in [4.78, 5) is 26.4. The predicted molar refractivity (Wildman–Crippen MR) is 100 cm³/mol. The van der Waals surface area contributed by atoms with E-state index in [9.17, 15) is 9.59 Å². The largest absolute Gasteiger partial charge is 0.495 e. The molecule has 27 heavy (non-hydrogen) atoms. The average molecular weight is 366 g/mol. The molecule has 0 aliphatic carbocycles. The number of carbonyl (C=O) groups excluding carboxylic acids is 2. The van der Waals surface area contributed by atoms with Crippen LogP contribution in [0.25, 0.3) is 11.0 Å². The van der Waals surface area contributed by atoms with Crippen LogP contribution in [0.3, 0.4) is 0 Å². The monoisotopic (exact) mass is 366 g/mol. The summed E-state index contributed by atoms with van der Waals surface area (Å²) in [5.41, 5.74) is 3.69. The molecule has 0 bridgehead atoms. The molecule has 9 nitrogen and oxygen atoms in total. The molecule has 1 fully saturated rings. The second kappa shape index (κ2) is 6.60. The standard InChI is InChI=1S/C18H18N6O3/c1-10-3-5-12-16(22-23-21-12)15(10)20-17(25)11-4-6-14(27-2)13(9-11)24-8-7-19-18(24)26/h3-6,9H,7-8H2,1-2H3,(H,19,26)(H,20,25)(H,21,22,23). The number of benzene rings is 2. The number of anilines is 2. The number of hydrogen-bond acceptors (Lipinski definition) is 5. The van der Waals surface area contributed by atoms with E-state index in [4.69, 9.17) is 4.74 Å². The first-order valence-corrected chi connectivity index (χ1v) is 8.43. The first-order valence-electron chi connectivity index (χ1n) is 8.43. The molecule has 1 aliphatic heterocycles. The van der Waals surface area contributed by atoms with Crippen LogP contribution in [0.5, 0.6) is 5.75 Å². The van der Waals surface area contributed by atoms with Gasteiger partial charge < -0.3 is 15.4 Å². The Morgan fingerprint density at radius 1 is 1.26 bits per heavy atom. The number of ether oxygens (including phenoxy) is 1. The highest BCUT2D eigenvalue weighted by Crippen LogP contribution is 2.31. The molecule has 3 amide bonds. The maximum absolute atomic E-state index is 12.9. The van der Waals surface area contributed by atoms with Crippen molar-refractivity contribution in [1.29, 1.82) is 0 Å². The van der Waals surface area contributed by atoms with Gasteiger partial charge in [0.1, 0.15) is 16.8 Å². The van der Waals surface area contributed by atoms with Crippen LogP contribution in [0.1, 0.15) is 15.9 Å². The van der Waals surface area contributed by atoms with Crippen LogP contribution in [-0.2, 0) is 0 Å². The number of rotatable bonds is 4. The second-order valence-electron chi connectivity index (χ2n) is 6.17. The van der Waals surface area contributed by atoms with E-state index in [2.05, 4.69) is 26.0 Å². The number of carbonyl (C=O) groups is 2. The molecule has 0 saturated carbocycles. The molecule has 0 atom stereocenters. The quantitative estimate of drug-likeness (QED) is 0.654. The third-order valence-corrected chi connectivity index (χ3v) is 4.52. The van der Waals surface area contributed by atoms with E-state index in [1.165, 1.54) is 7.11 Å². The number of hydrogen-bond donors (Lipinski definition) is 3. The van der Waals surface area contributed by atoms with Gasteiger partial charge in [-0.25, -0.2) is 4.79 Å². The van der Waals surface area contributed by atoms with E-state index in [0.29, 0.717) is 46.8 Å². The van der Waals surface area contributed by atoms with Gasteiger partial charge in [-0.2, -0.15) is 15.4 Å². The fourth-order valence-electron chi connectivity index (χ4n) is 3.10. The fraction of sp³-hybridized carbons (Fsp3) is 0.222. The Kier molecular flexibility index (Phi) is 4.11. The lowest BCUT2D eigenvalue weighted by atomic mass is 10.1. The number of H-pyrrole nitrogens is 1. The molecule has 3 N–H and O–H groups in total. The minimum atomic E-state index is -0.308. The van der Waals surface area contributed by atoms with Crippen molar-refractivity contribution in [2.75, 3.05) is 30.4 Å². The molecule has 0 radical (unpaired) electrons. The Morgan fingerprint density at radius 3 is 2.85 bits per heavy atom. The summed E-state index contributed by atoms with van der Waals surface area (Å²) in [5, 5.41) is 16.4. The van der Waals surface area contributed by atoms with Gasteiger partial charge in [-0.05, 0) is 36.8 Å². The second-order valence-corrected chi connectivity index (χ2v) is 6.17. The highest BCUT2D eigenvalue weighted by atomic mass is 16.5. The topological polar surface area (TPSA) is 112 Å². The molecule has 1 aliphatic rings. The van der Waals surface area contributed by atoms with E-state index in [-0.39, 0.29) is 11.9 Å². The van der Waals surface area contributed by atoms with Crippen LogP contribution in [0.2, 0.25) is 0 Å². The molecule has 9 heteroatoms. The Hall–Kier alpha value is -3.62. The number of nitrogens with one attached hydrogen (secondary N) is 3. The predicted octanol–water partition coefficient (Wildman–Crippen LogP) is 2.06. The number of nitrogens with zero attached hydrogens (tertiary/aromatic N) is 3. The average Bonchev–Trinajstić information content (AvgIpc) is 3.32. The molecule has 1 saturated heterocycles. The number of fused-ring (bicyclic) bond motifs is 1. The van der Waals surface area contributed by atoms with E-state index in [1.54, 1.807) is 23.1 Å². The van der Waals surface area contributed by atoms with Crippen molar-refractivity contribution in [1.82, 2.24) is 20.7 Å². The lowest BCUT2D eigenvalue weighted by Crippen LogP contribution is -2.28. The lowest BCUT2D eigenvalue weighted by molar-refractivity contribution is 0.102. The molecule has 2 aromatic carbocycles. The van der Waals surface area contributed by atoms with E-state index >= 15 is 0 Å². The number of amides is 3. The maximum Gasteiger partial charge on any atom is 0.322 e. The Bertz CT molecular complexity index is 1040. The molecule has 4 rings (SSSR count). The smallest absolute Gasteiger partial charge is 0.322 e. The molecule has 0 unspecified atom stereocenters.